The Morgan fingerprint density at radius 3 is 2.32 bits per heavy atom. The predicted molar refractivity (Wildman–Crippen MR) is 91.9 cm³/mol. The lowest BCUT2D eigenvalue weighted by molar-refractivity contribution is -0.153. The first-order valence-corrected chi connectivity index (χ1v) is 7.87. The summed E-state index contributed by atoms with van der Waals surface area (Å²) in [6, 6.07) is 12.7. The number of amides is 1. The monoisotopic (exact) mass is 345 g/mol. The van der Waals surface area contributed by atoms with Gasteiger partial charge in [0.15, 0.2) is 6.10 Å². The van der Waals surface area contributed by atoms with Gasteiger partial charge in [0, 0.05) is 12.1 Å². The number of benzene rings is 2. The third-order valence-corrected chi connectivity index (χ3v) is 3.57. The molecule has 0 heterocycles. The van der Waals surface area contributed by atoms with E-state index in [1.807, 2.05) is 0 Å². The summed E-state index contributed by atoms with van der Waals surface area (Å²) in [5.41, 5.74) is 1.41. The molecule has 1 amide bonds. The molecule has 0 aliphatic rings. The highest BCUT2D eigenvalue weighted by molar-refractivity contribution is 5.95. The fourth-order valence-corrected chi connectivity index (χ4v) is 2.13. The number of rotatable bonds is 7. The normalized spacial score (nSPS) is 11.5. The third kappa shape index (κ3) is 5.91. The minimum atomic E-state index is -0.914. The number of hydrogen-bond donors (Lipinski definition) is 1. The topological polar surface area (TPSA) is 64.6 Å². The quantitative estimate of drug-likeness (QED) is 0.782. The van der Waals surface area contributed by atoms with E-state index >= 15 is 0 Å². The van der Waals surface area contributed by atoms with Gasteiger partial charge in [-0.3, -0.25) is 9.59 Å². The van der Waals surface area contributed by atoms with Crippen molar-refractivity contribution in [3.8, 4) is 5.75 Å². The number of aryl methyl sites for hydroxylation is 1. The molecular weight excluding hydrogens is 325 g/mol. The van der Waals surface area contributed by atoms with Crippen LogP contribution in [0.15, 0.2) is 48.5 Å². The van der Waals surface area contributed by atoms with Crippen LogP contribution in [0, 0.1) is 5.82 Å². The minimum Gasteiger partial charge on any atom is -0.497 e. The van der Waals surface area contributed by atoms with Gasteiger partial charge in [0.25, 0.3) is 5.91 Å². The maximum absolute atomic E-state index is 12.8. The Kier molecular flexibility index (Phi) is 6.51. The Labute approximate surface area is 145 Å². The van der Waals surface area contributed by atoms with Gasteiger partial charge in [0.1, 0.15) is 11.6 Å². The number of esters is 1. The number of ether oxygens (including phenoxy) is 2. The Bertz CT molecular complexity index is 713. The molecule has 0 fully saturated rings. The smallest absolute Gasteiger partial charge is 0.306 e. The van der Waals surface area contributed by atoms with Gasteiger partial charge in [0.05, 0.1) is 7.11 Å². The van der Waals surface area contributed by atoms with Crippen LogP contribution < -0.4 is 10.1 Å². The van der Waals surface area contributed by atoms with Crippen molar-refractivity contribution in [3.05, 3.63) is 59.9 Å². The lowest BCUT2D eigenvalue weighted by atomic mass is 10.1. The number of carbonyl (C=O) groups is 2. The molecule has 0 spiro atoms. The average Bonchev–Trinajstić information content (AvgIpc) is 2.61. The molecule has 1 N–H and O–H groups in total. The number of methoxy groups -OCH3 is 1. The molecule has 0 radical (unpaired) electrons. The van der Waals surface area contributed by atoms with Crippen LogP contribution in [0.2, 0.25) is 0 Å². The number of hydrogen-bond acceptors (Lipinski definition) is 4. The van der Waals surface area contributed by atoms with Crippen molar-refractivity contribution in [2.75, 3.05) is 12.4 Å². The first-order valence-electron chi connectivity index (χ1n) is 7.87. The molecule has 5 nitrogen and oxygen atoms in total. The zero-order valence-electron chi connectivity index (χ0n) is 14.1. The van der Waals surface area contributed by atoms with Crippen molar-refractivity contribution in [2.24, 2.45) is 0 Å². The number of nitrogens with one attached hydrogen (secondary N) is 1. The number of carbonyl (C=O) groups excluding carboxylic acids is 2. The summed E-state index contributed by atoms with van der Waals surface area (Å²) < 4.78 is 23.0. The van der Waals surface area contributed by atoms with E-state index in [1.165, 1.54) is 19.1 Å². The SMILES string of the molecule is COc1ccc(NC(=O)[C@@H](C)OC(=O)CCc2ccc(F)cc2)cc1. The summed E-state index contributed by atoms with van der Waals surface area (Å²) in [7, 11) is 1.56. The molecule has 2 aromatic rings. The molecule has 0 aliphatic carbocycles. The van der Waals surface area contributed by atoms with Crippen molar-refractivity contribution in [1.29, 1.82) is 0 Å². The third-order valence-electron chi connectivity index (χ3n) is 3.57. The van der Waals surface area contributed by atoms with Crippen molar-refractivity contribution < 1.29 is 23.5 Å². The van der Waals surface area contributed by atoms with Crippen molar-refractivity contribution >= 4 is 17.6 Å². The summed E-state index contributed by atoms with van der Waals surface area (Å²) in [4.78, 5) is 23.9. The maximum Gasteiger partial charge on any atom is 0.306 e. The van der Waals surface area contributed by atoms with Crippen LogP contribution in [0.25, 0.3) is 0 Å². The molecule has 0 aromatic heterocycles. The fourth-order valence-electron chi connectivity index (χ4n) is 2.13. The summed E-state index contributed by atoms with van der Waals surface area (Å²) in [6.07, 6.45) is -0.375. The average molecular weight is 345 g/mol. The first kappa shape index (κ1) is 18.4. The second kappa shape index (κ2) is 8.82. The molecule has 2 rings (SSSR count). The van der Waals surface area contributed by atoms with E-state index in [0.717, 1.165) is 5.56 Å². The van der Waals surface area contributed by atoms with Crippen molar-refractivity contribution in [1.82, 2.24) is 0 Å². The van der Waals surface area contributed by atoms with E-state index in [-0.39, 0.29) is 12.2 Å². The van der Waals surface area contributed by atoms with Crippen LogP contribution in [0.5, 0.6) is 5.75 Å². The van der Waals surface area contributed by atoms with Crippen LogP contribution in [0.4, 0.5) is 10.1 Å². The van der Waals surface area contributed by atoms with Crippen LogP contribution >= 0.6 is 0 Å². The lowest BCUT2D eigenvalue weighted by Gasteiger charge is -2.14. The summed E-state index contributed by atoms with van der Waals surface area (Å²) in [5.74, 6) is -0.546. The Morgan fingerprint density at radius 1 is 1.08 bits per heavy atom. The predicted octanol–water partition coefficient (Wildman–Crippen LogP) is 3.34. The Balaban J connectivity index is 1.78. The summed E-state index contributed by atoms with van der Waals surface area (Å²) in [5, 5.41) is 2.66. The minimum absolute atomic E-state index is 0.117. The van der Waals surface area contributed by atoms with Crippen LogP contribution in [-0.2, 0) is 20.7 Å². The van der Waals surface area contributed by atoms with Gasteiger partial charge >= 0.3 is 5.97 Å². The van der Waals surface area contributed by atoms with Gasteiger partial charge in [-0.2, -0.15) is 0 Å². The molecule has 132 valence electrons. The first-order chi connectivity index (χ1) is 12.0. The molecule has 0 unspecified atom stereocenters. The van der Waals surface area contributed by atoms with Crippen LogP contribution in [0.3, 0.4) is 0 Å². The highest BCUT2D eigenvalue weighted by Crippen LogP contribution is 2.15. The maximum atomic E-state index is 12.8. The lowest BCUT2D eigenvalue weighted by Crippen LogP contribution is -2.30. The van der Waals surface area contributed by atoms with E-state index < -0.39 is 18.0 Å². The zero-order valence-corrected chi connectivity index (χ0v) is 14.1. The molecule has 25 heavy (non-hydrogen) atoms. The van der Waals surface area contributed by atoms with Gasteiger partial charge in [-0.15, -0.1) is 0 Å². The largest absolute Gasteiger partial charge is 0.497 e. The molecular formula is C19H20FNO4. The Hall–Kier alpha value is -2.89. The second-order valence-corrected chi connectivity index (χ2v) is 5.48. The van der Waals surface area contributed by atoms with Gasteiger partial charge in [0.2, 0.25) is 0 Å². The van der Waals surface area contributed by atoms with E-state index in [2.05, 4.69) is 5.32 Å². The van der Waals surface area contributed by atoms with Gasteiger partial charge in [-0.25, -0.2) is 4.39 Å². The molecule has 6 heteroatoms. The standard InChI is InChI=1S/C19H20FNO4/c1-13(19(23)21-16-8-10-17(24-2)11-9-16)25-18(22)12-5-14-3-6-15(20)7-4-14/h3-4,6-11,13H,5,12H2,1-2H3,(H,21,23)/t13-/m1/s1. The van der Waals surface area contributed by atoms with E-state index in [9.17, 15) is 14.0 Å². The van der Waals surface area contributed by atoms with Crippen molar-refractivity contribution in [3.63, 3.8) is 0 Å². The molecule has 0 saturated heterocycles. The molecule has 0 bridgehead atoms. The zero-order chi connectivity index (χ0) is 18.2. The van der Waals surface area contributed by atoms with Crippen LogP contribution in [-0.4, -0.2) is 25.1 Å². The van der Waals surface area contributed by atoms with E-state index in [1.54, 1.807) is 43.5 Å². The fraction of sp³-hybridized carbons (Fsp3) is 0.263. The van der Waals surface area contributed by atoms with Gasteiger partial charge < -0.3 is 14.8 Å². The Morgan fingerprint density at radius 2 is 1.72 bits per heavy atom. The summed E-state index contributed by atoms with van der Waals surface area (Å²) in [6.45, 7) is 1.51. The van der Waals surface area contributed by atoms with Gasteiger partial charge in [-0.1, -0.05) is 12.1 Å². The van der Waals surface area contributed by atoms with E-state index in [0.29, 0.717) is 17.9 Å². The molecule has 0 saturated carbocycles. The molecule has 2 aromatic carbocycles. The highest BCUT2D eigenvalue weighted by atomic mass is 19.1. The van der Waals surface area contributed by atoms with Crippen molar-refractivity contribution in [2.45, 2.75) is 25.9 Å². The highest BCUT2D eigenvalue weighted by Gasteiger charge is 2.17. The number of halogens is 1. The van der Waals surface area contributed by atoms with Crippen LogP contribution in [0.1, 0.15) is 18.9 Å². The second-order valence-electron chi connectivity index (χ2n) is 5.48. The molecule has 1 atom stereocenters. The number of anilines is 1. The van der Waals surface area contributed by atoms with Gasteiger partial charge in [-0.05, 0) is 55.3 Å². The summed E-state index contributed by atoms with van der Waals surface area (Å²) >= 11 is 0. The van der Waals surface area contributed by atoms with E-state index in [4.69, 9.17) is 9.47 Å². The molecule has 0 aliphatic heterocycles.